The van der Waals surface area contributed by atoms with Crippen LogP contribution in [0.25, 0.3) is 10.9 Å². The quantitative estimate of drug-likeness (QED) is 0.421. The Morgan fingerprint density at radius 2 is 1.95 bits per heavy atom. The van der Waals surface area contributed by atoms with Crippen LogP contribution >= 0.6 is 24.0 Å². The predicted molar refractivity (Wildman–Crippen MR) is 102 cm³/mol. The summed E-state index contributed by atoms with van der Waals surface area (Å²) in [5.41, 5.74) is 2.54. The van der Waals surface area contributed by atoms with E-state index in [1.54, 1.807) is 7.05 Å². The molecule has 1 heterocycles. The smallest absolute Gasteiger partial charge is 0.191 e. The van der Waals surface area contributed by atoms with Crippen molar-refractivity contribution in [3.8, 4) is 0 Å². The maximum absolute atomic E-state index is 4.24. The number of rotatable bonds is 3. The molecule has 0 aliphatic rings. The summed E-state index contributed by atoms with van der Waals surface area (Å²) >= 11 is 0. The lowest BCUT2D eigenvalue weighted by atomic mass is 10.1. The van der Waals surface area contributed by atoms with Gasteiger partial charge in [0.1, 0.15) is 0 Å². The number of aliphatic imine (C=N–C) groups is 1. The molecule has 0 fully saturated rings. The number of H-pyrrole nitrogens is 1. The molecule has 0 unspecified atom stereocenters. The first kappa shape index (κ1) is 17.8. The van der Waals surface area contributed by atoms with E-state index in [0.717, 1.165) is 18.9 Å². The van der Waals surface area contributed by atoms with Crippen LogP contribution in [0.2, 0.25) is 0 Å². The molecular formula is C16H25IN4. The zero-order valence-electron chi connectivity index (χ0n) is 13.2. The van der Waals surface area contributed by atoms with E-state index >= 15 is 0 Å². The number of fused-ring (bicyclic) bond motifs is 1. The van der Waals surface area contributed by atoms with Crippen LogP contribution in [0.15, 0.2) is 35.5 Å². The number of halogens is 1. The summed E-state index contributed by atoms with van der Waals surface area (Å²) in [7, 11) is 1.80. The Balaban J connectivity index is 0.00000220. The minimum atomic E-state index is 0. The van der Waals surface area contributed by atoms with E-state index in [4.69, 9.17) is 0 Å². The zero-order chi connectivity index (χ0) is 14.6. The van der Waals surface area contributed by atoms with Gasteiger partial charge >= 0.3 is 0 Å². The van der Waals surface area contributed by atoms with Gasteiger partial charge in [0.15, 0.2) is 5.96 Å². The fourth-order valence-electron chi connectivity index (χ4n) is 2.19. The number of nitrogens with one attached hydrogen (secondary N) is 3. The number of aromatic nitrogens is 1. The van der Waals surface area contributed by atoms with Gasteiger partial charge in [-0.2, -0.15) is 0 Å². The highest BCUT2D eigenvalue weighted by Gasteiger charge is 2.11. The Labute approximate surface area is 143 Å². The highest BCUT2D eigenvalue weighted by atomic mass is 127. The summed E-state index contributed by atoms with van der Waals surface area (Å²) in [6, 6.07) is 8.39. The molecule has 0 radical (unpaired) electrons. The van der Waals surface area contributed by atoms with Crippen molar-refractivity contribution in [2.45, 2.75) is 32.7 Å². The first-order valence-corrected chi connectivity index (χ1v) is 7.03. The van der Waals surface area contributed by atoms with E-state index in [2.05, 4.69) is 71.8 Å². The second-order valence-electron chi connectivity index (χ2n) is 5.98. The van der Waals surface area contributed by atoms with Crippen molar-refractivity contribution >= 4 is 40.8 Å². The minimum Gasteiger partial charge on any atom is -0.361 e. The molecule has 2 rings (SSSR count). The van der Waals surface area contributed by atoms with Gasteiger partial charge < -0.3 is 15.6 Å². The summed E-state index contributed by atoms with van der Waals surface area (Å²) in [5.74, 6) is 0.845. The van der Waals surface area contributed by atoms with Crippen molar-refractivity contribution in [3.05, 3.63) is 36.0 Å². The molecule has 2 aromatic rings. The van der Waals surface area contributed by atoms with Gasteiger partial charge in [0.2, 0.25) is 0 Å². The average molecular weight is 400 g/mol. The van der Waals surface area contributed by atoms with Gasteiger partial charge in [-0.05, 0) is 38.8 Å². The fourth-order valence-corrected chi connectivity index (χ4v) is 2.19. The second-order valence-corrected chi connectivity index (χ2v) is 5.98. The second kappa shape index (κ2) is 7.68. The van der Waals surface area contributed by atoms with Gasteiger partial charge in [-0.1, -0.05) is 18.2 Å². The number of benzene rings is 1. The Kier molecular flexibility index (Phi) is 6.51. The maximum atomic E-state index is 4.24. The third-order valence-electron chi connectivity index (χ3n) is 3.08. The topological polar surface area (TPSA) is 52.2 Å². The van der Waals surface area contributed by atoms with Crippen LogP contribution in [0.3, 0.4) is 0 Å². The van der Waals surface area contributed by atoms with Crippen molar-refractivity contribution in [1.29, 1.82) is 0 Å². The largest absolute Gasteiger partial charge is 0.361 e. The summed E-state index contributed by atoms with van der Waals surface area (Å²) in [6.45, 7) is 7.23. The van der Waals surface area contributed by atoms with Crippen molar-refractivity contribution in [2.75, 3.05) is 13.6 Å². The van der Waals surface area contributed by atoms with Crippen LogP contribution in [0.1, 0.15) is 26.3 Å². The first-order chi connectivity index (χ1) is 9.49. The SMILES string of the molecule is CN=C(NCCc1c[nH]c2ccccc12)NC(C)(C)C.I. The van der Waals surface area contributed by atoms with Crippen LogP contribution in [-0.4, -0.2) is 30.1 Å². The molecule has 4 nitrogen and oxygen atoms in total. The Hall–Kier alpha value is -1.24. The molecule has 0 amide bonds. The van der Waals surface area contributed by atoms with Crippen molar-refractivity contribution in [2.24, 2.45) is 4.99 Å². The van der Waals surface area contributed by atoms with E-state index in [-0.39, 0.29) is 29.5 Å². The molecule has 0 atom stereocenters. The molecule has 0 saturated heterocycles. The average Bonchev–Trinajstić information content (AvgIpc) is 2.80. The maximum Gasteiger partial charge on any atom is 0.191 e. The van der Waals surface area contributed by atoms with Gasteiger partial charge in [0.25, 0.3) is 0 Å². The normalized spacial score (nSPS) is 12.1. The third kappa shape index (κ3) is 5.22. The Morgan fingerprint density at radius 3 is 2.62 bits per heavy atom. The highest BCUT2D eigenvalue weighted by Crippen LogP contribution is 2.17. The van der Waals surface area contributed by atoms with E-state index in [0.29, 0.717) is 0 Å². The van der Waals surface area contributed by atoms with Gasteiger partial charge in [-0.3, -0.25) is 4.99 Å². The van der Waals surface area contributed by atoms with Gasteiger partial charge in [0.05, 0.1) is 0 Å². The molecule has 0 saturated carbocycles. The van der Waals surface area contributed by atoms with E-state index in [9.17, 15) is 0 Å². The third-order valence-corrected chi connectivity index (χ3v) is 3.08. The number of hydrogen-bond acceptors (Lipinski definition) is 1. The van der Waals surface area contributed by atoms with Gasteiger partial charge in [-0.25, -0.2) is 0 Å². The number of nitrogens with zero attached hydrogens (tertiary/aromatic N) is 1. The molecule has 5 heteroatoms. The number of para-hydroxylation sites is 1. The number of guanidine groups is 1. The molecule has 0 bridgehead atoms. The van der Waals surface area contributed by atoms with E-state index in [1.807, 2.05) is 0 Å². The van der Waals surface area contributed by atoms with Crippen molar-refractivity contribution in [3.63, 3.8) is 0 Å². The summed E-state index contributed by atoms with van der Waals surface area (Å²) in [4.78, 5) is 7.55. The Morgan fingerprint density at radius 1 is 1.24 bits per heavy atom. The predicted octanol–water partition coefficient (Wildman–Crippen LogP) is 3.29. The molecule has 116 valence electrons. The van der Waals surface area contributed by atoms with Crippen LogP contribution in [0, 0.1) is 0 Å². The highest BCUT2D eigenvalue weighted by molar-refractivity contribution is 14.0. The standard InChI is InChI=1S/C16H24N4.HI/c1-16(2,3)20-15(17-4)18-10-9-12-11-19-14-8-6-5-7-13(12)14;/h5-8,11,19H,9-10H2,1-4H3,(H2,17,18,20);1H. The number of hydrogen-bond donors (Lipinski definition) is 3. The summed E-state index contributed by atoms with van der Waals surface area (Å²) in [6.07, 6.45) is 3.06. The molecule has 0 aliphatic carbocycles. The lowest BCUT2D eigenvalue weighted by Gasteiger charge is -2.23. The Bertz CT molecular complexity index is 596. The lowest BCUT2D eigenvalue weighted by Crippen LogP contribution is -2.48. The minimum absolute atomic E-state index is 0. The monoisotopic (exact) mass is 400 g/mol. The van der Waals surface area contributed by atoms with E-state index in [1.165, 1.54) is 16.5 Å². The van der Waals surface area contributed by atoms with Crippen LogP contribution in [0.4, 0.5) is 0 Å². The fraction of sp³-hybridized carbons (Fsp3) is 0.438. The molecular weight excluding hydrogens is 375 g/mol. The van der Waals surface area contributed by atoms with Crippen molar-refractivity contribution < 1.29 is 0 Å². The first-order valence-electron chi connectivity index (χ1n) is 7.03. The molecule has 1 aromatic heterocycles. The van der Waals surface area contributed by atoms with Gasteiger partial charge in [-0.15, -0.1) is 24.0 Å². The van der Waals surface area contributed by atoms with Gasteiger partial charge in [0, 0.05) is 36.2 Å². The molecule has 0 spiro atoms. The molecule has 0 aliphatic heterocycles. The molecule has 1 aromatic carbocycles. The molecule has 3 N–H and O–H groups in total. The lowest BCUT2D eigenvalue weighted by molar-refractivity contribution is 0.501. The summed E-state index contributed by atoms with van der Waals surface area (Å²) in [5, 5.41) is 8.01. The van der Waals surface area contributed by atoms with Crippen molar-refractivity contribution in [1.82, 2.24) is 15.6 Å². The van der Waals surface area contributed by atoms with E-state index < -0.39 is 0 Å². The zero-order valence-corrected chi connectivity index (χ0v) is 15.5. The van der Waals surface area contributed by atoms with Crippen LogP contribution in [-0.2, 0) is 6.42 Å². The molecule has 21 heavy (non-hydrogen) atoms. The van der Waals surface area contributed by atoms with Crippen LogP contribution in [0.5, 0.6) is 0 Å². The summed E-state index contributed by atoms with van der Waals surface area (Å²) < 4.78 is 0. The van der Waals surface area contributed by atoms with Crippen LogP contribution < -0.4 is 10.6 Å². The number of aromatic amines is 1.